The van der Waals surface area contributed by atoms with E-state index >= 15 is 0 Å². The van der Waals surface area contributed by atoms with Gasteiger partial charge in [-0.05, 0) is 27.3 Å². The van der Waals surface area contributed by atoms with Crippen LogP contribution in [-0.4, -0.2) is 60.5 Å². The molecule has 0 amide bonds. The maximum atomic E-state index is 12.4. The zero-order valence-corrected chi connectivity index (χ0v) is 13.1. The van der Waals surface area contributed by atoms with Crippen LogP contribution in [0.15, 0.2) is 4.90 Å². The van der Waals surface area contributed by atoms with Gasteiger partial charge in [-0.15, -0.1) is 0 Å². The highest BCUT2D eigenvalue weighted by Crippen LogP contribution is 2.20. The smallest absolute Gasteiger partial charge is 0.244 e. The van der Waals surface area contributed by atoms with E-state index in [9.17, 15) is 13.5 Å². The Morgan fingerprint density at radius 3 is 2.50 bits per heavy atom. The monoisotopic (exact) mass is 302 g/mol. The summed E-state index contributed by atoms with van der Waals surface area (Å²) >= 11 is 0. The van der Waals surface area contributed by atoms with Crippen LogP contribution in [0, 0.1) is 13.8 Å². The molecular weight excluding hydrogens is 280 g/mol. The molecule has 1 fully saturated rings. The van der Waals surface area contributed by atoms with Gasteiger partial charge < -0.3 is 5.11 Å². The first-order valence-corrected chi connectivity index (χ1v) is 8.09. The molecule has 0 aromatic carbocycles. The van der Waals surface area contributed by atoms with Gasteiger partial charge in [0.2, 0.25) is 10.0 Å². The third-order valence-electron chi connectivity index (χ3n) is 3.89. The summed E-state index contributed by atoms with van der Waals surface area (Å²) in [6.07, 6.45) is 0.209. The Kier molecular flexibility index (Phi) is 4.19. The number of β-amino-alcohol motifs (C(OH)–C–C–N with tert-alkyl or cyclic N) is 1. The molecule has 1 aromatic heterocycles. The summed E-state index contributed by atoms with van der Waals surface area (Å²) in [5.74, 6) is 0. The van der Waals surface area contributed by atoms with Gasteiger partial charge in [0.05, 0.1) is 17.5 Å². The van der Waals surface area contributed by atoms with Crippen LogP contribution in [0.2, 0.25) is 0 Å². The van der Waals surface area contributed by atoms with Gasteiger partial charge in [-0.3, -0.25) is 9.58 Å². The zero-order chi connectivity index (χ0) is 15.1. The molecule has 1 aliphatic heterocycles. The number of nitrogens with one attached hydrogen (secondary N) is 1. The van der Waals surface area contributed by atoms with Crippen LogP contribution in [0.4, 0.5) is 0 Å². The SMILES string of the molecule is Cc1nn(C)c(C)c1S(=O)(=O)NC[C@@H]1C[C@@H](O)CN1C. The minimum Gasteiger partial charge on any atom is -0.392 e. The molecule has 0 bridgehead atoms. The van der Waals surface area contributed by atoms with Gasteiger partial charge in [0.15, 0.2) is 0 Å². The molecular formula is C12H22N4O3S. The summed E-state index contributed by atoms with van der Waals surface area (Å²) in [6, 6.07) is 0.0251. The molecule has 1 aliphatic rings. The zero-order valence-electron chi connectivity index (χ0n) is 12.3. The average molecular weight is 302 g/mol. The summed E-state index contributed by atoms with van der Waals surface area (Å²) < 4.78 is 29.0. The Hall–Kier alpha value is -0.960. The normalized spacial score (nSPS) is 24.4. The molecule has 7 nitrogen and oxygen atoms in total. The fourth-order valence-corrected chi connectivity index (χ4v) is 4.22. The third-order valence-corrected chi connectivity index (χ3v) is 5.56. The first kappa shape index (κ1) is 15.4. The van der Waals surface area contributed by atoms with Crippen molar-refractivity contribution in [3.63, 3.8) is 0 Å². The van der Waals surface area contributed by atoms with Crippen molar-refractivity contribution in [1.82, 2.24) is 19.4 Å². The number of aryl methyl sites for hydroxylation is 2. The molecule has 0 aliphatic carbocycles. The Bertz CT molecular complexity index is 596. The Morgan fingerprint density at radius 2 is 2.05 bits per heavy atom. The van der Waals surface area contributed by atoms with Crippen molar-refractivity contribution in [1.29, 1.82) is 0 Å². The Labute approximate surface area is 119 Å². The van der Waals surface area contributed by atoms with Crippen LogP contribution in [0.5, 0.6) is 0 Å². The standard InChI is InChI=1S/C12H22N4O3S/c1-8-12(9(2)16(4)14-8)20(18,19)13-6-10-5-11(17)7-15(10)3/h10-11,13,17H,5-7H2,1-4H3/t10-,11+/m0/s1. The molecule has 1 saturated heterocycles. The van der Waals surface area contributed by atoms with E-state index in [1.807, 2.05) is 11.9 Å². The van der Waals surface area contributed by atoms with Gasteiger partial charge >= 0.3 is 0 Å². The van der Waals surface area contributed by atoms with Crippen molar-refractivity contribution >= 4 is 10.0 Å². The fourth-order valence-electron chi connectivity index (χ4n) is 2.71. The number of nitrogens with zero attached hydrogens (tertiary/aromatic N) is 3. The predicted octanol–water partition coefficient (Wildman–Crippen LogP) is -0.620. The lowest BCUT2D eigenvalue weighted by molar-refractivity contribution is 0.182. The minimum absolute atomic E-state index is 0.0251. The van der Waals surface area contributed by atoms with Crippen LogP contribution in [-0.2, 0) is 17.1 Å². The summed E-state index contributed by atoms with van der Waals surface area (Å²) in [4.78, 5) is 2.22. The topological polar surface area (TPSA) is 87.5 Å². The second-order valence-electron chi connectivity index (χ2n) is 5.46. The molecule has 1 aromatic rings. The summed E-state index contributed by atoms with van der Waals surface area (Å²) in [5.41, 5.74) is 1.12. The van der Waals surface area contributed by atoms with E-state index in [0.717, 1.165) is 0 Å². The van der Waals surface area contributed by atoms with Crippen molar-refractivity contribution < 1.29 is 13.5 Å². The maximum absolute atomic E-state index is 12.4. The molecule has 20 heavy (non-hydrogen) atoms. The molecule has 114 valence electrons. The molecule has 2 N–H and O–H groups in total. The highest BCUT2D eigenvalue weighted by atomic mass is 32.2. The van der Waals surface area contributed by atoms with Crippen molar-refractivity contribution in [2.75, 3.05) is 20.1 Å². The quantitative estimate of drug-likeness (QED) is 0.774. The summed E-state index contributed by atoms with van der Waals surface area (Å²) in [6.45, 7) is 4.30. The van der Waals surface area contributed by atoms with Gasteiger partial charge in [-0.25, -0.2) is 13.1 Å². The first-order chi connectivity index (χ1) is 9.22. The van der Waals surface area contributed by atoms with Gasteiger partial charge in [-0.2, -0.15) is 5.10 Å². The van der Waals surface area contributed by atoms with Crippen molar-refractivity contribution in [3.8, 4) is 0 Å². The van der Waals surface area contributed by atoms with E-state index in [2.05, 4.69) is 9.82 Å². The number of likely N-dealkylation sites (N-methyl/N-ethyl adjacent to an activating group) is 1. The lowest BCUT2D eigenvalue weighted by Crippen LogP contribution is -2.38. The predicted molar refractivity (Wildman–Crippen MR) is 74.9 cm³/mol. The van der Waals surface area contributed by atoms with Crippen LogP contribution in [0.3, 0.4) is 0 Å². The Morgan fingerprint density at radius 1 is 1.40 bits per heavy atom. The molecule has 0 unspecified atom stereocenters. The summed E-state index contributed by atoms with van der Waals surface area (Å²) in [7, 11) is 0.0385. The van der Waals surface area contributed by atoms with Crippen molar-refractivity contribution in [2.24, 2.45) is 7.05 Å². The van der Waals surface area contributed by atoms with Crippen LogP contribution in [0.25, 0.3) is 0 Å². The summed E-state index contributed by atoms with van der Waals surface area (Å²) in [5, 5.41) is 13.7. The van der Waals surface area contributed by atoms with E-state index in [-0.39, 0.29) is 17.0 Å². The molecule has 8 heteroatoms. The van der Waals surface area contributed by atoms with E-state index in [1.54, 1.807) is 25.6 Å². The number of aliphatic hydroxyl groups is 1. The first-order valence-electron chi connectivity index (χ1n) is 6.60. The van der Waals surface area contributed by atoms with Gasteiger partial charge in [-0.1, -0.05) is 0 Å². The van der Waals surface area contributed by atoms with Crippen LogP contribution in [0.1, 0.15) is 17.8 Å². The van der Waals surface area contributed by atoms with Gasteiger partial charge in [0, 0.05) is 26.2 Å². The molecule has 0 saturated carbocycles. The number of hydrogen-bond acceptors (Lipinski definition) is 5. The molecule has 0 spiro atoms. The van der Waals surface area contributed by atoms with E-state index in [4.69, 9.17) is 0 Å². The average Bonchev–Trinajstić information content (AvgIpc) is 2.77. The largest absolute Gasteiger partial charge is 0.392 e. The van der Waals surface area contributed by atoms with Crippen molar-refractivity contribution in [3.05, 3.63) is 11.4 Å². The van der Waals surface area contributed by atoms with Crippen LogP contribution >= 0.6 is 0 Å². The Balaban J connectivity index is 2.12. The van der Waals surface area contributed by atoms with Crippen molar-refractivity contribution in [2.45, 2.75) is 37.3 Å². The fraction of sp³-hybridized carbons (Fsp3) is 0.750. The highest BCUT2D eigenvalue weighted by molar-refractivity contribution is 7.89. The third kappa shape index (κ3) is 2.88. The number of sulfonamides is 1. The highest BCUT2D eigenvalue weighted by Gasteiger charge is 2.30. The number of hydrogen-bond donors (Lipinski definition) is 2. The molecule has 2 rings (SSSR count). The lowest BCUT2D eigenvalue weighted by atomic mass is 10.2. The number of aromatic nitrogens is 2. The van der Waals surface area contributed by atoms with E-state index < -0.39 is 10.0 Å². The molecule has 2 heterocycles. The van der Waals surface area contributed by atoms with E-state index in [0.29, 0.717) is 30.9 Å². The number of likely N-dealkylation sites (tertiary alicyclic amines) is 1. The van der Waals surface area contributed by atoms with E-state index in [1.165, 1.54) is 0 Å². The molecule has 2 atom stereocenters. The molecule has 0 radical (unpaired) electrons. The number of aliphatic hydroxyl groups excluding tert-OH is 1. The second kappa shape index (κ2) is 5.44. The number of rotatable bonds is 4. The minimum atomic E-state index is -3.57. The van der Waals surface area contributed by atoms with Gasteiger partial charge in [0.25, 0.3) is 0 Å². The van der Waals surface area contributed by atoms with Gasteiger partial charge in [0.1, 0.15) is 4.90 Å². The maximum Gasteiger partial charge on any atom is 0.244 e. The van der Waals surface area contributed by atoms with Crippen LogP contribution < -0.4 is 4.72 Å². The lowest BCUT2D eigenvalue weighted by Gasteiger charge is -2.19. The second-order valence-corrected chi connectivity index (χ2v) is 7.16.